The van der Waals surface area contributed by atoms with E-state index in [0.717, 1.165) is 5.92 Å². The Bertz CT molecular complexity index is 523. The van der Waals surface area contributed by atoms with E-state index >= 15 is 0 Å². The number of anilines is 1. The van der Waals surface area contributed by atoms with Crippen molar-refractivity contribution < 1.29 is 0 Å². The van der Waals surface area contributed by atoms with Crippen molar-refractivity contribution in [2.45, 2.75) is 71.6 Å². The van der Waals surface area contributed by atoms with E-state index in [1.165, 1.54) is 83.4 Å². The molecule has 1 saturated heterocycles. The minimum atomic E-state index is 0. The third kappa shape index (κ3) is 4.75. The first-order valence-electron chi connectivity index (χ1n) is 10.8. The summed E-state index contributed by atoms with van der Waals surface area (Å²) >= 11 is 0. The Morgan fingerprint density at radius 3 is 2.12 bits per heavy atom. The highest BCUT2D eigenvalue weighted by Gasteiger charge is 2.33. The van der Waals surface area contributed by atoms with Crippen molar-refractivity contribution in [3.63, 3.8) is 0 Å². The highest BCUT2D eigenvalue weighted by Crippen LogP contribution is 2.48. The molecule has 148 valence electrons. The molecule has 1 saturated carbocycles. The van der Waals surface area contributed by atoms with Gasteiger partial charge in [0.05, 0.1) is 0 Å². The quantitative estimate of drug-likeness (QED) is 0.589. The molecule has 3 heteroatoms. The SMILES string of the molecule is CCCN1CCN(c2ccccc2C2CCC(CC)(CC)CC2)CC1.Cl. The first-order chi connectivity index (χ1) is 12.2. The molecular formula is C23H39ClN2. The Kier molecular flexibility index (Phi) is 8.29. The number of hydrogen-bond donors (Lipinski definition) is 0. The lowest BCUT2D eigenvalue weighted by molar-refractivity contribution is 0.159. The summed E-state index contributed by atoms with van der Waals surface area (Å²) in [6, 6.07) is 9.30. The molecule has 0 radical (unpaired) electrons. The van der Waals surface area contributed by atoms with Crippen molar-refractivity contribution in [2.75, 3.05) is 37.6 Å². The second-order valence-electron chi connectivity index (χ2n) is 8.37. The summed E-state index contributed by atoms with van der Waals surface area (Å²) in [6.45, 7) is 13.2. The molecule has 3 rings (SSSR count). The van der Waals surface area contributed by atoms with Crippen molar-refractivity contribution in [3.05, 3.63) is 29.8 Å². The van der Waals surface area contributed by atoms with E-state index in [4.69, 9.17) is 0 Å². The van der Waals surface area contributed by atoms with Gasteiger partial charge in [0.1, 0.15) is 0 Å². The van der Waals surface area contributed by atoms with E-state index in [-0.39, 0.29) is 12.4 Å². The monoisotopic (exact) mass is 378 g/mol. The Morgan fingerprint density at radius 1 is 0.923 bits per heavy atom. The van der Waals surface area contributed by atoms with Gasteiger partial charge < -0.3 is 4.90 Å². The number of halogens is 1. The third-order valence-electron chi connectivity index (χ3n) is 7.18. The van der Waals surface area contributed by atoms with Gasteiger partial charge >= 0.3 is 0 Å². The highest BCUT2D eigenvalue weighted by atomic mass is 35.5. The predicted molar refractivity (Wildman–Crippen MR) is 117 cm³/mol. The van der Waals surface area contributed by atoms with E-state index < -0.39 is 0 Å². The summed E-state index contributed by atoms with van der Waals surface area (Å²) in [4.78, 5) is 5.28. The van der Waals surface area contributed by atoms with Crippen LogP contribution in [0.2, 0.25) is 0 Å². The van der Waals surface area contributed by atoms with Gasteiger partial charge in [-0.15, -0.1) is 12.4 Å². The van der Waals surface area contributed by atoms with Crippen LogP contribution in [0, 0.1) is 5.41 Å². The van der Waals surface area contributed by atoms with Crippen LogP contribution in [0.4, 0.5) is 5.69 Å². The average molecular weight is 379 g/mol. The summed E-state index contributed by atoms with van der Waals surface area (Å²) in [6.07, 6.45) is 9.60. The summed E-state index contributed by atoms with van der Waals surface area (Å²) in [5.41, 5.74) is 3.80. The third-order valence-corrected chi connectivity index (χ3v) is 7.18. The van der Waals surface area contributed by atoms with Gasteiger partial charge in [0.2, 0.25) is 0 Å². The fraction of sp³-hybridized carbons (Fsp3) is 0.739. The van der Waals surface area contributed by atoms with Gasteiger partial charge in [-0.1, -0.05) is 51.8 Å². The van der Waals surface area contributed by atoms with E-state index in [0.29, 0.717) is 5.41 Å². The van der Waals surface area contributed by atoms with Gasteiger partial charge in [-0.05, 0) is 61.6 Å². The molecule has 0 spiro atoms. The Hall–Kier alpha value is -0.730. The molecule has 1 aliphatic heterocycles. The van der Waals surface area contributed by atoms with Crippen LogP contribution in [0.5, 0.6) is 0 Å². The molecule has 0 aromatic heterocycles. The molecule has 26 heavy (non-hydrogen) atoms. The van der Waals surface area contributed by atoms with Crippen LogP contribution in [0.15, 0.2) is 24.3 Å². The van der Waals surface area contributed by atoms with Crippen LogP contribution in [-0.2, 0) is 0 Å². The molecule has 1 aromatic rings. The predicted octanol–water partition coefficient (Wildman–Crippen LogP) is 6.10. The second kappa shape index (κ2) is 9.99. The van der Waals surface area contributed by atoms with Crippen LogP contribution in [0.1, 0.15) is 77.2 Å². The number of benzene rings is 1. The molecule has 0 N–H and O–H groups in total. The van der Waals surface area contributed by atoms with Gasteiger partial charge in [0, 0.05) is 31.9 Å². The van der Waals surface area contributed by atoms with E-state index in [2.05, 4.69) is 54.8 Å². The maximum absolute atomic E-state index is 2.66. The average Bonchev–Trinajstić information content (AvgIpc) is 2.69. The standard InChI is InChI=1S/C23H38N2.ClH/c1-4-15-24-16-18-25(19-17-24)22-10-8-7-9-21(22)20-11-13-23(5-2,6-3)14-12-20;/h7-10,20H,4-6,11-19H2,1-3H3;1H. The zero-order valence-corrected chi connectivity index (χ0v) is 18.0. The molecule has 2 aliphatic rings. The maximum atomic E-state index is 2.66. The van der Waals surface area contributed by atoms with Gasteiger partial charge in [0.15, 0.2) is 0 Å². The Morgan fingerprint density at radius 2 is 1.54 bits per heavy atom. The summed E-state index contributed by atoms with van der Waals surface area (Å²) < 4.78 is 0. The normalized spacial score (nSPS) is 21.4. The molecule has 0 bridgehead atoms. The molecule has 2 fully saturated rings. The van der Waals surface area contributed by atoms with Gasteiger partial charge in [-0.2, -0.15) is 0 Å². The lowest BCUT2D eigenvalue weighted by Gasteiger charge is -2.41. The Labute approximate surface area is 167 Å². The topological polar surface area (TPSA) is 6.48 Å². The first-order valence-corrected chi connectivity index (χ1v) is 10.8. The first kappa shape index (κ1) is 21.6. The lowest BCUT2D eigenvalue weighted by Crippen LogP contribution is -2.46. The number of piperazine rings is 1. The van der Waals surface area contributed by atoms with Crippen LogP contribution in [0.25, 0.3) is 0 Å². The Balaban J connectivity index is 0.00000243. The zero-order valence-electron chi connectivity index (χ0n) is 17.2. The summed E-state index contributed by atoms with van der Waals surface area (Å²) in [5, 5.41) is 0. The van der Waals surface area contributed by atoms with E-state index in [1.807, 2.05) is 0 Å². The van der Waals surface area contributed by atoms with Crippen LogP contribution in [0.3, 0.4) is 0 Å². The number of hydrogen-bond acceptors (Lipinski definition) is 2. The highest BCUT2D eigenvalue weighted by molar-refractivity contribution is 5.85. The van der Waals surface area contributed by atoms with Crippen LogP contribution in [-0.4, -0.2) is 37.6 Å². The smallest absolute Gasteiger partial charge is 0.0402 e. The van der Waals surface area contributed by atoms with Gasteiger partial charge in [-0.3, -0.25) is 4.90 Å². The van der Waals surface area contributed by atoms with Gasteiger partial charge in [-0.25, -0.2) is 0 Å². The molecule has 1 aromatic carbocycles. The minimum Gasteiger partial charge on any atom is -0.369 e. The number of rotatable bonds is 6. The number of para-hydroxylation sites is 1. The summed E-state index contributed by atoms with van der Waals surface area (Å²) in [7, 11) is 0. The molecule has 0 unspecified atom stereocenters. The van der Waals surface area contributed by atoms with Crippen molar-refractivity contribution in [3.8, 4) is 0 Å². The fourth-order valence-electron chi connectivity index (χ4n) is 5.15. The van der Waals surface area contributed by atoms with Gasteiger partial charge in [0.25, 0.3) is 0 Å². The second-order valence-corrected chi connectivity index (χ2v) is 8.37. The zero-order chi connectivity index (χ0) is 17.7. The molecule has 2 nitrogen and oxygen atoms in total. The molecule has 1 heterocycles. The fourth-order valence-corrected chi connectivity index (χ4v) is 5.15. The van der Waals surface area contributed by atoms with E-state index in [1.54, 1.807) is 5.56 Å². The molecule has 1 aliphatic carbocycles. The van der Waals surface area contributed by atoms with Crippen molar-refractivity contribution >= 4 is 18.1 Å². The maximum Gasteiger partial charge on any atom is 0.0402 e. The minimum absolute atomic E-state index is 0. The molecule has 0 atom stereocenters. The van der Waals surface area contributed by atoms with E-state index in [9.17, 15) is 0 Å². The lowest BCUT2D eigenvalue weighted by atomic mass is 9.66. The van der Waals surface area contributed by atoms with Crippen molar-refractivity contribution in [2.24, 2.45) is 5.41 Å². The van der Waals surface area contributed by atoms with Crippen molar-refractivity contribution in [1.82, 2.24) is 4.90 Å². The van der Waals surface area contributed by atoms with Crippen LogP contribution >= 0.6 is 12.4 Å². The van der Waals surface area contributed by atoms with Crippen LogP contribution < -0.4 is 4.90 Å². The molecular weight excluding hydrogens is 340 g/mol. The largest absolute Gasteiger partial charge is 0.369 e. The summed E-state index contributed by atoms with van der Waals surface area (Å²) in [5.74, 6) is 0.774. The van der Waals surface area contributed by atoms with Crippen molar-refractivity contribution in [1.29, 1.82) is 0 Å². The number of nitrogens with zero attached hydrogens (tertiary/aromatic N) is 2. The molecule has 0 amide bonds.